The molecule has 0 fully saturated rings. The highest BCUT2D eigenvalue weighted by Crippen LogP contribution is 1.92. The number of nitrogens with one attached hydrogen (secondary N) is 2. The molecule has 0 aliphatic carbocycles. The van der Waals surface area contributed by atoms with Crippen molar-refractivity contribution in [1.29, 1.82) is 0 Å². The van der Waals surface area contributed by atoms with Gasteiger partial charge in [-0.3, -0.25) is 30.1 Å². The van der Waals surface area contributed by atoms with Crippen molar-refractivity contribution in [2.24, 2.45) is 0 Å². The number of amides is 2. The zero-order chi connectivity index (χ0) is 13.3. The number of rotatable bonds is 6. The van der Waals surface area contributed by atoms with E-state index >= 15 is 0 Å². The molecule has 0 heterocycles. The summed E-state index contributed by atoms with van der Waals surface area (Å²) in [5.41, 5.74) is 4.41. The molecule has 0 aliphatic heterocycles. The van der Waals surface area contributed by atoms with Crippen molar-refractivity contribution in [1.82, 2.24) is 15.8 Å². The number of hydrogen-bond acceptors (Lipinski definition) is 5. The average molecular weight is 245 g/mol. The SMILES string of the molecule is CCCN(CC(=O)NNC(C)=O)CC(=O)OC. The lowest BCUT2D eigenvalue weighted by Gasteiger charge is -2.19. The molecule has 0 rings (SSSR count). The Morgan fingerprint density at radius 3 is 2.29 bits per heavy atom. The Morgan fingerprint density at radius 1 is 1.18 bits per heavy atom. The van der Waals surface area contributed by atoms with Crippen molar-refractivity contribution in [2.75, 3.05) is 26.7 Å². The van der Waals surface area contributed by atoms with E-state index in [1.165, 1.54) is 14.0 Å². The van der Waals surface area contributed by atoms with E-state index < -0.39 is 5.97 Å². The molecule has 0 unspecified atom stereocenters. The summed E-state index contributed by atoms with van der Waals surface area (Å²) in [6.07, 6.45) is 0.810. The molecule has 0 saturated carbocycles. The van der Waals surface area contributed by atoms with Crippen LogP contribution in [0.2, 0.25) is 0 Å². The van der Waals surface area contributed by atoms with Gasteiger partial charge in [0, 0.05) is 6.92 Å². The van der Waals surface area contributed by atoms with Crippen molar-refractivity contribution in [3.8, 4) is 0 Å². The molecule has 2 N–H and O–H groups in total. The minimum absolute atomic E-state index is 0.0310. The molecule has 0 aromatic rings. The first kappa shape index (κ1) is 15.4. The number of carbonyl (C=O) groups is 3. The summed E-state index contributed by atoms with van der Waals surface area (Å²) >= 11 is 0. The van der Waals surface area contributed by atoms with Crippen molar-refractivity contribution in [2.45, 2.75) is 20.3 Å². The Morgan fingerprint density at radius 2 is 1.82 bits per heavy atom. The monoisotopic (exact) mass is 245 g/mol. The van der Waals surface area contributed by atoms with Gasteiger partial charge in [-0.1, -0.05) is 6.92 Å². The van der Waals surface area contributed by atoms with Crippen LogP contribution in [0.3, 0.4) is 0 Å². The zero-order valence-electron chi connectivity index (χ0n) is 10.4. The number of hydrogen-bond donors (Lipinski definition) is 2. The van der Waals surface area contributed by atoms with Crippen molar-refractivity contribution in [3.05, 3.63) is 0 Å². The van der Waals surface area contributed by atoms with Crippen molar-refractivity contribution < 1.29 is 19.1 Å². The number of nitrogens with zero attached hydrogens (tertiary/aromatic N) is 1. The summed E-state index contributed by atoms with van der Waals surface area (Å²) in [7, 11) is 1.30. The predicted octanol–water partition coefficient (Wildman–Crippen LogP) is -0.961. The van der Waals surface area contributed by atoms with E-state index in [1.54, 1.807) is 4.90 Å². The highest BCUT2D eigenvalue weighted by molar-refractivity contribution is 5.82. The molecule has 0 bridgehead atoms. The molecule has 7 nitrogen and oxygen atoms in total. The van der Waals surface area contributed by atoms with E-state index in [0.717, 1.165) is 6.42 Å². The second-order valence-electron chi connectivity index (χ2n) is 3.52. The largest absolute Gasteiger partial charge is 0.468 e. The van der Waals surface area contributed by atoms with Gasteiger partial charge in [0.2, 0.25) is 5.91 Å². The van der Waals surface area contributed by atoms with Gasteiger partial charge in [-0.05, 0) is 13.0 Å². The lowest BCUT2D eigenvalue weighted by molar-refractivity contribution is -0.142. The van der Waals surface area contributed by atoms with Crippen LogP contribution in [0.15, 0.2) is 0 Å². The fraction of sp³-hybridized carbons (Fsp3) is 0.700. The molecule has 0 aromatic heterocycles. The molecule has 0 radical (unpaired) electrons. The van der Waals surface area contributed by atoms with Crippen LogP contribution in [-0.4, -0.2) is 49.4 Å². The molecule has 98 valence electrons. The molecule has 0 aliphatic rings. The van der Waals surface area contributed by atoms with E-state index in [9.17, 15) is 14.4 Å². The van der Waals surface area contributed by atoms with Crippen LogP contribution in [0.25, 0.3) is 0 Å². The van der Waals surface area contributed by atoms with Crippen LogP contribution in [0.5, 0.6) is 0 Å². The molecule has 0 spiro atoms. The first-order valence-electron chi connectivity index (χ1n) is 5.34. The topological polar surface area (TPSA) is 87.7 Å². The predicted molar refractivity (Wildman–Crippen MR) is 60.7 cm³/mol. The van der Waals surface area contributed by atoms with Crippen LogP contribution >= 0.6 is 0 Å². The van der Waals surface area contributed by atoms with Gasteiger partial charge in [0.25, 0.3) is 5.91 Å². The normalized spacial score (nSPS) is 9.88. The standard InChI is InChI=1S/C10H19N3O4/c1-4-5-13(7-10(16)17-3)6-9(15)12-11-8(2)14/h4-7H2,1-3H3,(H,11,14)(H,12,15). The average Bonchev–Trinajstić information content (AvgIpc) is 2.26. The highest BCUT2D eigenvalue weighted by atomic mass is 16.5. The van der Waals surface area contributed by atoms with Gasteiger partial charge in [-0.15, -0.1) is 0 Å². The molecule has 0 saturated heterocycles. The first-order valence-corrected chi connectivity index (χ1v) is 5.34. The second-order valence-corrected chi connectivity index (χ2v) is 3.52. The number of carbonyl (C=O) groups excluding carboxylic acids is 3. The quantitative estimate of drug-likeness (QED) is 0.465. The maximum atomic E-state index is 11.4. The third kappa shape index (κ3) is 8.21. The Balaban J connectivity index is 4.09. The smallest absolute Gasteiger partial charge is 0.319 e. The van der Waals surface area contributed by atoms with Crippen molar-refractivity contribution in [3.63, 3.8) is 0 Å². The summed E-state index contributed by atoms with van der Waals surface area (Å²) in [5, 5.41) is 0. The van der Waals surface area contributed by atoms with E-state index in [1.807, 2.05) is 6.92 Å². The van der Waals surface area contributed by atoms with Gasteiger partial charge in [0.05, 0.1) is 20.2 Å². The van der Waals surface area contributed by atoms with Crippen LogP contribution in [-0.2, 0) is 19.1 Å². The van der Waals surface area contributed by atoms with Crippen LogP contribution in [0, 0.1) is 0 Å². The van der Waals surface area contributed by atoms with Gasteiger partial charge >= 0.3 is 5.97 Å². The summed E-state index contributed by atoms with van der Waals surface area (Å²) in [6, 6.07) is 0. The lowest BCUT2D eigenvalue weighted by atomic mass is 10.4. The highest BCUT2D eigenvalue weighted by Gasteiger charge is 2.13. The van der Waals surface area contributed by atoms with Crippen molar-refractivity contribution >= 4 is 17.8 Å². The molecular formula is C10H19N3O4. The maximum Gasteiger partial charge on any atom is 0.319 e. The van der Waals surface area contributed by atoms with Crippen LogP contribution in [0.4, 0.5) is 0 Å². The summed E-state index contributed by atoms with van der Waals surface area (Å²) in [4.78, 5) is 34.7. The molecular weight excluding hydrogens is 226 g/mol. The van der Waals surface area contributed by atoms with Gasteiger partial charge in [0.15, 0.2) is 0 Å². The zero-order valence-corrected chi connectivity index (χ0v) is 10.4. The van der Waals surface area contributed by atoms with Gasteiger partial charge in [-0.2, -0.15) is 0 Å². The lowest BCUT2D eigenvalue weighted by Crippen LogP contribution is -2.46. The maximum absolute atomic E-state index is 11.4. The Labute approximate surface area is 100 Å². The second kappa shape index (κ2) is 8.51. The molecule has 2 amide bonds. The number of methoxy groups -OCH3 is 1. The fourth-order valence-electron chi connectivity index (χ4n) is 1.18. The van der Waals surface area contributed by atoms with E-state index in [2.05, 4.69) is 15.6 Å². The van der Waals surface area contributed by atoms with Gasteiger partial charge < -0.3 is 4.74 Å². The number of esters is 1. The minimum atomic E-state index is -0.397. The Bertz CT molecular complexity index is 281. The summed E-state index contributed by atoms with van der Waals surface area (Å²) < 4.78 is 4.52. The molecule has 0 aromatic carbocycles. The van der Waals surface area contributed by atoms with E-state index in [0.29, 0.717) is 6.54 Å². The third-order valence-corrected chi connectivity index (χ3v) is 1.87. The minimum Gasteiger partial charge on any atom is -0.468 e. The number of hydrazine groups is 1. The number of ether oxygens (including phenoxy) is 1. The van der Waals surface area contributed by atoms with Gasteiger partial charge in [0.1, 0.15) is 0 Å². The van der Waals surface area contributed by atoms with E-state index in [-0.39, 0.29) is 24.9 Å². The summed E-state index contributed by atoms with van der Waals surface area (Å²) in [5.74, 6) is -1.13. The molecule has 17 heavy (non-hydrogen) atoms. The van der Waals surface area contributed by atoms with Crippen LogP contribution < -0.4 is 10.9 Å². The molecule has 0 atom stereocenters. The fourth-order valence-corrected chi connectivity index (χ4v) is 1.18. The molecule has 7 heteroatoms. The Kier molecular flexibility index (Phi) is 7.70. The van der Waals surface area contributed by atoms with Crippen LogP contribution in [0.1, 0.15) is 20.3 Å². The Hall–Kier alpha value is -1.63. The van der Waals surface area contributed by atoms with Gasteiger partial charge in [-0.25, -0.2) is 0 Å². The van der Waals surface area contributed by atoms with E-state index in [4.69, 9.17) is 0 Å². The summed E-state index contributed by atoms with van der Waals surface area (Å²) in [6.45, 7) is 3.91. The third-order valence-electron chi connectivity index (χ3n) is 1.87. The first-order chi connectivity index (χ1) is 7.99.